The molecule has 3 aromatic rings. The molecule has 2 aromatic heterocycles. The molecule has 0 unspecified atom stereocenters. The lowest BCUT2D eigenvalue weighted by Gasteiger charge is -2.42. The molecule has 3 N–H and O–H groups in total. The van der Waals surface area contributed by atoms with Crippen LogP contribution in [-0.4, -0.2) is 59.1 Å². The Morgan fingerprint density at radius 2 is 1.69 bits per heavy atom. The number of nitrogen functional groups attached to an aromatic ring is 1. The van der Waals surface area contributed by atoms with E-state index in [4.69, 9.17) is 5.73 Å². The third-order valence-electron chi connectivity index (χ3n) is 7.16. The first-order chi connectivity index (χ1) is 16.8. The van der Waals surface area contributed by atoms with Crippen LogP contribution in [-0.2, 0) is 6.18 Å². The number of fused-ring (bicyclic) bond motifs is 1. The first kappa shape index (κ1) is 23.6. The van der Waals surface area contributed by atoms with Gasteiger partial charge in [0.2, 0.25) is 5.95 Å². The summed E-state index contributed by atoms with van der Waals surface area (Å²) in [5.74, 6) is 0.490. The maximum atomic E-state index is 14.2. The highest BCUT2D eigenvalue weighted by Crippen LogP contribution is 2.42. The Hall–Kier alpha value is -3.14. The van der Waals surface area contributed by atoms with E-state index in [9.17, 15) is 13.2 Å². The Bertz CT molecular complexity index is 1200. The molecule has 1 saturated carbocycles. The third-order valence-corrected chi connectivity index (χ3v) is 7.16. The van der Waals surface area contributed by atoms with Gasteiger partial charge in [0.05, 0.1) is 16.6 Å². The smallest absolute Gasteiger partial charge is 0.372 e. The van der Waals surface area contributed by atoms with Crippen molar-refractivity contribution in [2.24, 2.45) is 0 Å². The number of aromatic nitrogens is 3. The molecule has 10 heteroatoms. The lowest BCUT2D eigenvalue weighted by atomic mass is 9.93. The second-order valence-electron chi connectivity index (χ2n) is 9.26. The van der Waals surface area contributed by atoms with E-state index in [1.807, 2.05) is 0 Å². The molecule has 0 radical (unpaired) electrons. The molecule has 35 heavy (non-hydrogen) atoms. The maximum Gasteiger partial charge on any atom is 0.417 e. The molecular weight excluding hydrogens is 455 g/mol. The minimum atomic E-state index is -4.52. The number of alkyl halides is 3. The number of nitrogens with two attached hydrogens (primary N) is 1. The van der Waals surface area contributed by atoms with Gasteiger partial charge in [0.1, 0.15) is 5.82 Å². The zero-order valence-corrected chi connectivity index (χ0v) is 19.8. The molecule has 0 amide bonds. The first-order valence-corrected chi connectivity index (χ1v) is 12.2. The van der Waals surface area contributed by atoms with E-state index < -0.39 is 11.7 Å². The van der Waals surface area contributed by atoms with E-state index in [2.05, 4.69) is 30.1 Å². The molecule has 186 valence electrons. The van der Waals surface area contributed by atoms with Crippen LogP contribution < -0.4 is 16.0 Å². The fourth-order valence-electron chi connectivity index (χ4n) is 5.44. The molecule has 1 aliphatic heterocycles. The summed E-state index contributed by atoms with van der Waals surface area (Å²) in [5, 5.41) is 3.53. The minimum absolute atomic E-state index is 0.00895. The summed E-state index contributed by atoms with van der Waals surface area (Å²) < 4.78 is 42.5. The van der Waals surface area contributed by atoms with Crippen LogP contribution in [0.3, 0.4) is 0 Å². The van der Waals surface area contributed by atoms with Crippen LogP contribution in [0, 0.1) is 0 Å². The highest BCUT2D eigenvalue weighted by atomic mass is 19.4. The number of rotatable bonds is 4. The van der Waals surface area contributed by atoms with Crippen molar-refractivity contribution in [1.29, 1.82) is 0 Å². The molecular formula is C25H30F3N7. The van der Waals surface area contributed by atoms with Crippen LogP contribution in [0.4, 0.5) is 30.6 Å². The van der Waals surface area contributed by atoms with E-state index in [1.165, 1.54) is 38.2 Å². The van der Waals surface area contributed by atoms with Crippen molar-refractivity contribution < 1.29 is 13.2 Å². The van der Waals surface area contributed by atoms with Gasteiger partial charge in [-0.1, -0.05) is 25.3 Å². The van der Waals surface area contributed by atoms with Gasteiger partial charge < -0.3 is 16.0 Å². The highest BCUT2D eigenvalue weighted by molar-refractivity contribution is 5.90. The normalized spacial score (nSPS) is 18.2. The molecule has 1 aliphatic carbocycles. The summed E-state index contributed by atoms with van der Waals surface area (Å²) in [6.07, 6.45) is 1.74. The second-order valence-corrected chi connectivity index (χ2v) is 9.26. The standard InChI is InChI=1S/C25H30F3N7/c1-30-22-17-10-11-19(31-23(17)33-24(29)32-22)21-18(25(26,27)28)8-5-9-20(21)35-14-12-34(13-15-35)16-6-3-2-4-7-16/h5,8-11,16H,2-4,6-7,12-15H2,1H3,(H3,29,30,31,32,33). The highest BCUT2D eigenvalue weighted by Gasteiger charge is 2.36. The number of hydrogen-bond donors (Lipinski definition) is 2. The van der Waals surface area contributed by atoms with Crippen LogP contribution in [0.15, 0.2) is 30.3 Å². The second kappa shape index (κ2) is 9.49. The fraction of sp³-hybridized carbons (Fsp3) is 0.480. The lowest BCUT2D eigenvalue weighted by molar-refractivity contribution is -0.137. The Labute approximate surface area is 202 Å². The largest absolute Gasteiger partial charge is 0.417 e. The van der Waals surface area contributed by atoms with Crippen LogP contribution in [0.1, 0.15) is 37.7 Å². The van der Waals surface area contributed by atoms with Crippen molar-refractivity contribution in [2.45, 2.75) is 44.3 Å². The number of benzene rings is 1. The predicted molar refractivity (Wildman–Crippen MR) is 132 cm³/mol. The average molecular weight is 486 g/mol. The summed E-state index contributed by atoms with van der Waals surface area (Å²) in [6.45, 7) is 3.05. The van der Waals surface area contributed by atoms with Crippen molar-refractivity contribution >= 4 is 28.5 Å². The van der Waals surface area contributed by atoms with Gasteiger partial charge in [0.15, 0.2) is 5.65 Å². The minimum Gasteiger partial charge on any atom is -0.372 e. The number of pyridine rings is 1. The van der Waals surface area contributed by atoms with Gasteiger partial charge in [0, 0.05) is 50.5 Å². The van der Waals surface area contributed by atoms with Crippen LogP contribution >= 0.6 is 0 Å². The van der Waals surface area contributed by atoms with E-state index in [0.717, 1.165) is 19.2 Å². The fourth-order valence-corrected chi connectivity index (χ4v) is 5.44. The van der Waals surface area contributed by atoms with Gasteiger partial charge in [-0.25, -0.2) is 4.98 Å². The molecule has 0 bridgehead atoms. The number of nitrogens with one attached hydrogen (secondary N) is 1. The maximum absolute atomic E-state index is 14.2. The van der Waals surface area contributed by atoms with Gasteiger partial charge in [-0.15, -0.1) is 0 Å². The molecule has 2 fully saturated rings. The van der Waals surface area contributed by atoms with Crippen molar-refractivity contribution in [2.75, 3.05) is 49.2 Å². The summed E-state index contributed by atoms with van der Waals surface area (Å²) in [7, 11) is 1.69. The van der Waals surface area contributed by atoms with Gasteiger partial charge in [-0.05, 0) is 37.1 Å². The summed E-state index contributed by atoms with van der Waals surface area (Å²) in [4.78, 5) is 17.4. The Kier molecular flexibility index (Phi) is 6.39. The topological polar surface area (TPSA) is 83.2 Å². The Morgan fingerprint density at radius 3 is 2.37 bits per heavy atom. The van der Waals surface area contributed by atoms with Crippen molar-refractivity contribution in [3.8, 4) is 11.3 Å². The van der Waals surface area contributed by atoms with Crippen molar-refractivity contribution in [1.82, 2.24) is 19.9 Å². The molecule has 5 rings (SSSR count). The molecule has 0 spiro atoms. The molecule has 2 aliphatic rings. The summed E-state index contributed by atoms with van der Waals surface area (Å²) >= 11 is 0. The molecule has 0 atom stereocenters. The molecule has 1 aromatic carbocycles. The number of piperazine rings is 1. The van der Waals surface area contributed by atoms with E-state index >= 15 is 0 Å². The van der Waals surface area contributed by atoms with Crippen LogP contribution in [0.2, 0.25) is 0 Å². The van der Waals surface area contributed by atoms with Crippen molar-refractivity contribution in [3.05, 3.63) is 35.9 Å². The Balaban J connectivity index is 1.53. The first-order valence-electron chi connectivity index (χ1n) is 12.2. The van der Waals surface area contributed by atoms with Gasteiger partial charge in [0.25, 0.3) is 0 Å². The number of anilines is 3. The lowest BCUT2D eigenvalue weighted by Crippen LogP contribution is -2.51. The van der Waals surface area contributed by atoms with Gasteiger partial charge >= 0.3 is 6.18 Å². The van der Waals surface area contributed by atoms with Crippen molar-refractivity contribution in [3.63, 3.8) is 0 Å². The number of hydrogen-bond acceptors (Lipinski definition) is 7. The summed E-state index contributed by atoms with van der Waals surface area (Å²) in [6, 6.07) is 8.27. The predicted octanol–water partition coefficient (Wildman–Crippen LogP) is 4.79. The SMILES string of the molecule is CNc1nc(N)nc2nc(-c3c(N4CCN(C5CCCCC5)CC4)cccc3C(F)(F)F)ccc12. The van der Waals surface area contributed by atoms with Gasteiger partial charge in [-0.2, -0.15) is 23.1 Å². The van der Waals surface area contributed by atoms with Crippen LogP contribution in [0.5, 0.6) is 0 Å². The Morgan fingerprint density at radius 1 is 0.943 bits per heavy atom. The average Bonchev–Trinajstić information content (AvgIpc) is 2.87. The molecule has 1 saturated heterocycles. The molecule has 7 nitrogen and oxygen atoms in total. The quantitative estimate of drug-likeness (QED) is 0.550. The number of nitrogens with zero attached hydrogens (tertiary/aromatic N) is 5. The zero-order chi connectivity index (χ0) is 24.6. The van der Waals surface area contributed by atoms with E-state index in [0.29, 0.717) is 36.0 Å². The monoisotopic (exact) mass is 485 g/mol. The van der Waals surface area contributed by atoms with Gasteiger partial charge in [-0.3, -0.25) is 4.90 Å². The van der Waals surface area contributed by atoms with E-state index in [1.54, 1.807) is 25.2 Å². The third kappa shape index (κ3) is 4.71. The number of halogens is 3. The molecule has 3 heterocycles. The zero-order valence-electron chi connectivity index (χ0n) is 19.8. The van der Waals surface area contributed by atoms with E-state index in [-0.39, 0.29) is 22.9 Å². The summed E-state index contributed by atoms with van der Waals surface area (Å²) in [5.41, 5.74) is 6.21. The van der Waals surface area contributed by atoms with Crippen LogP contribution in [0.25, 0.3) is 22.3 Å².